The summed E-state index contributed by atoms with van der Waals surface area (Å²) in [6, 6.07) is 12.1. The molecule has 0 atom stereocenters. The highest BCUT2D eigenvalue weighted by Gasteiger charge is 2.42. The number of benzene rings is 2. The lowest BCUT2D eigenvalue weighted by Crippen LogP contribution is -2.30. The minimum Gasteiger partial charge on any atom is -0.493 e. The molecule has 0 saturated heterocycles. The van der Waals surface area contributed by atoms with E-state index in [2.05, 4.69) is 40.5 Å². The zero-order valence-corrected chi connectivity index (χ0v) is 21.0. The van der Waals surface area contributed by atoms with Crippen LogP contribution in [0.1, 0.15) is 57.9 Å². The van der Waals surface area contributed by atoms with Crippen LogP contribution in [0.15, 0.2) is 48.0 Å². The van der Waals surface area contributed by atoms with Gasteiger partial charge >= 0.3 is 6.03 Å². The Balaban J connectivity index is 1.58. The van der Waals surface area contributed by atoms with E-state index in [1.54, 1.807) is 43.5 Å². The van der Waals surface area contributed by atoms with Gasteiger partial charge in [0.05, 0.1) is 29.3 Å². The first kappa shape index (κ1) is 26.7. The van der Waals surface area contributed by atoms with E-state index in [-0.39, 0.29) is 17.0 Å². The molecule has 1 aliphatic carbocycles. The molecular weight excluding hydrogens is 457 g/mol. The Bertz CT molecular complexity index is 1130. The Morgan fingerprint density at radius 2 is 1.92 bits per heavy atom. The van der Waals surface area contributed by atoms with E-state index in [4.69, 9.17) is 10.00 Å². The fourth-order valence-corrected chi connectivity index (χ4v) is 3.77. The molecule has 190 valence electrons. The van der Waals surface area contributed by atoms with Gasteiger partial charge in [0.2, 0.25) is 0 Å². The summed E-state index contributed by atoms with van der Waals surface area (Å²) >= 11 is 0. The van der Waals surface area contributed by atoms with Gasteiger partial charge in [-0.3, -0.25) is 4.99 Å². The molecule has 2 amide bonds. The van der Waals surface area contributed by atoms with Crippen molar-refractivity contribution in [2.24, 2.45) is 10.4 Å². The molecule has 0 spiro atoms. The smallest absolute Gasteiger partial charge is 0.319 e. The fraction of sp³-hybridized carbons (Fsp3) is 0.393. The van der Waals surface area contributed by atoms with Crippen LogP contribution in [-0.2, 0) is 0 Å². The van der Waals surface area contributed by atoms with E-state index >= 15 is 4.39 Å². The second-order valence-electron chi connectivity index (χ2n) is 8.95. The summed E-state index contributed by atoms with van der Waals surface area (Å²) in [5, 5.41) is 17.8. The van der Waals surface area contributed by atoms with Crippen LogP contribution in [-0.4, -0.2) is 25.4 Å². The summed E-state index contributed by atoms with van der Waals surface area (Å²) < 4.78 is 20.8. The number of hydrogen-bond acceptors (Lipinski definition) is 5. The van der Waals surface area contributed by atoms with Gasteiger partial charge in [-0.25, -0.2) is 9.18 Å². The van der Waals surface area contributed by atoms with Gasteiger partial charge in [0.25, 0.3) is 0 Å². The minimum absolute atomic E-state index is 0.243. The van der Waals surface area contributed by atoms with Crippen LogP contribution in [0.5, 0.6) is 5.75 Å². The monoisotopic (exact) mass is 491 g/mol. The zero-order valence-electron chi connectivity index (χ0n) is 21.0. The molecule has 3 N–H and O–H groups in total. The summed E-state index contributed by atoms with van der Waals surface area (Å²) in [7, 11) is 0. The number of halogens is 1. The SMILES string of the molecule is C=C(Nc1ccc(NC(=O)NCCC2(C#N)CC2)cc1)c1c(F)cc(OCCCCC)cc1N=CC. The lowest BCUT2D eigenvalue weighted by molar-refractivity contribution is 0.251. The van der Waals surface area contributed by atoms with Gasteiger partial charge < -0.3 is 20.7 Å². The zero-order chi connectivity index (χ0) is 26.0. The number of aliphatic imine (C=N–C) groups is 1. The third-order valence-electron chi connectivity index (χ3n) is 6.05. The standard InChI is InChI=1S/C28H34FN5O2/c1-4-6-7-16-36-23-17-24(29)26(25(18-23)31-5-2)20(3)33-21-8-10-22(11-9-21)34-27(35)32-15-14-28(19-30)12-13-28/h5,8-11,17-18,33H,3-4,6-7,12-16H2,1-2H3,(H2,32,34,35). The maximum Gasteiger partial charge on any atom is 0.319 e. The molecule has 1 saturated carbocycles. The Kier molecular flexibility index (Phi) is 9.46. The Labute approximate surface area is 212 Å². The number of nitrogens with zero attached hydrogens (tertiary/aromatic N) is 2. The summed E-state index contributed by atoms with van der Waals surface area (Å²) in [4.78, 5) is 16.4. The number of anilines is 2. The topological polar surface area (TPSA) is 98.5 Å². The molecule has 0 aliphatic heterocycles. The van der Waals surface area contributed by atoms with Gasteiger partial charge in [0, 0.05) is 42.0 Å². The van der Waals surface area contributed by atoms with E-state index in [0.29, 0.717) is 48.1 Å². The third-order valence-corrected chi connectivity index (χ3v) is 6.05. The molecule has 0 unspecified atom stereocenters. The lowest BCUT2D eigenvalue weighted by Gasteiger charge is -2.15. The van der Waals surface area contributed by atoms with E-state index in [0.717, 1.165) is 32.1 Å². The number of amides is 2. The first-order chi connectivity index (χ1) is 17.4. The minimum atomic E-state index is -0.472. The number of nitriles is 1. The van der Waals surface area contributed by atoms with E-state index < -0.39 is 5.82 Å². The van der Waals surface area contributed by atoms with Crippen molar-refractivity contribution in [2.45, 2.75) is 52.4 Å². The second-order valence-corrected chi connectivity index (χ2v) is 8.95. The first-order valence-corrected chi connectivity index (χ1v) is 12.4. The quantitative estimate of drug-likeness (QED) is 0.207. The molecule has 2 aromatic carbocycles. The Morgan fingerprint density at radius 1 is 1.22 bits per heavy atom. The van der Waals surface area contributed by atoms with Crippen molar-refractivity contribution in [1.82, 2.24) is 5.32 Å². The lowest BCUT2D eigenvalue weighted by atomic mass is 10.1. The highest BCUT2D eigenvalue weighted by atomic mass is 19.1. The molecule has 0 heterocycles. The molecule has 3 rings (SSSR count). The summed E-state index contributed by atoms with van der Waals surface area (Å²) in [5.41, 5.74) is 2.10. The third kappa shape index (κ3) is 7.57. The summed E-state index contributed by atoms with van der Waals surface area (Å²) in [6.07, 6.45) is 7.12. The van der Waals surface area contributed by atoms with Crippen LogP contribution >= 0.6 is 0 Å². The van der Waals surface area contributed by atoms with Crippen LogP contribution in [0.3, 0.4) is 0 Å². The molecule has 0 aromatic heterocycles. The van der Waals surface area contributed by atoms with Crippen LogP contribution in [0.2, 0.25) is 0 Å². The maximum absolute atomic E-state index is 15.0. The number of hydrogen-bond donors (Lipinski definition) is 3. The number of unbranched alkanes of at least 4 members (excludes halogenated alkanes) is 2. The molecular formula is C28H34FN5O2. The maximum atomic E-state index is 15.0. The predicted molar refractivity (Wildman–Crippen MR) is 143 cm³/mol. The molecule has 2 aromatic rings. The molecule has 0 radical (unpaired) electrons. The summed E-state index contributed by atoms with van der Waals surface area (Å²) in [5.74, 6) is -0.0326. The number of rotatable bonds is 13. The van der Waals surface area contributed by atoms with Gasteiger partial charge in [-0.2, -0.15) is 5.26 Å². The largest absolute Gasteiger partial charge is 0.493 e. The van der Waals surface area contributed by atoms with Gasteiger partial charge in [0.1, 0.15) is 11.6 Å². The van der Waals surface area contributed by atoms with Gasteiger partial charge in [-0.1, -0.05) is 26.3 Å². The van der Waals surface area contributed by atoms with Crippen LogP contribution in [0.4, 0.5) is 26.2 Å². The average molecular weight is 492 g/mol. The molecule has 0 bridgehead atoms. The fourth-order valence-electron chi connectivity index (χ4n) is 3.77. The van der Waals surface area contributed by atoms with Gasteiger partial charge in [-0.05, 0) is 56.9 Å². The van der Waals surface area contributed by atoms with Crippen LogP contribution in [0, 0.1) is 22.6 Å². The number of carbonyl (C=O) groups excluding carboxylic acids is 1. The number of urea groups is 1. The first-order valence-electron chi connectivity index (χ1n) is 12.4. The van der Waals surface area contributed by atoms with Crippen molar-refractivity contribution in [2.75, 3.05) is 23.8 Å². The van der Waals surface area contributed by atoms with Crippen molar-refractivity contribution in [3.8, 4) is 11.8 Å². The molecule has 7 nitrogen and oxygen atoms in total. The number of carbonyl (C=O) groups is 1. The summed E-state index contributed by atoms with van der Waals surface area (Å²) in [6.45, 7) is 8.87. The van der Waals surface area contributed by atoms with Crippen LogP contribution in [0.25, 0.3) is 5.70 Å². The Hall–Kier alpha value is -3.86. The molecule has 1 aliphatic rings. The van der Waals surface area contributed by atoms with Crippen molar-refractivity contribution in [3.05, 3.63) is 54.4 Å². The van der Waals surface area contributed by atoms with E-state index in [9.17, 15) is 4.79 Å². The predicted octanol–water partition coefficient (Wildman–Crippen LogP) is 7.02. The molecule has 1 fully saturated rings. The second kappa shape index (κ2) is 12.7. The Morgan fingerprint density at radius 3 is 2.53 bits per heavy atom. The van der Waals surface area contributed by atoms with E-state index in [1.165, 1.54) is 6.07 Å². The van der Waals surface area contributed by atoms with Crippen molar-refractivity contribution in [1.29, 1.82) is 5.26 Å². The van der Waals surface area contributed by atoms with Crippen molar-refractivity contribution in [3.63, 3.8) is 0 Å². The van der Waals surface area contributed by atoms with Crippen LogP contribution < -0.4 is 20.7 Å². The average Bonchev–Trinajstić information content (AvgIpc) is 3.63. The number of nitrogens with one attached hydrogen (secondary N) is 3. The van der Waals surface area contributed by atoms with E-state index in [1.807, 2.05) is 0 Å². The van der Waals surface area contributed by atoms with Gasteiger partial charge in [-0.15, -0.1) is 0 Å². The van der Waals surface area contributed by atoms with Crippen molar-refractivity contribution < 1.29 is 13.9 Å². The molecule has 8 heteroatoms. The number of ether oxygens (including phenoxy) is 1. The van der Waals surface area contributed by atoms with Gasteiger partial charge in [0.15, 0.2) is 0 Å². The van der Waals surface area contributed by atoms with Crippen molar-refractivity contribution >= 4 is 35.0 Å². The molecule has 36 heavy (non-hydrogen) atoms. The highest BCUT2D eigenvalue weighted by molar-refractivity contribution is 5.90. The highest BCUT2D eigenvalue weighted by Crippen LogP contribution is 2.47. The normalized spacial score (nSPS) is 13.6.